The molecule has 0 atom stereocenters. The molecule has 1 heterocycles. The van der Waals surface area contributed by atoms with Crippen LogP contribution in [0.3, 0.4) is 0 Å². The van der Waals surface area contributed by atoms with E-state index in [0.717, 1.165) is 11.3 Å². The van der Waals surface area contributed by atoms with Gasteiger partial charge in [-0.2, -0.15) is 0 Å². The van der Waals surface area contributed by atoms with Gasteiger partial charge in [0.1, 0.15) is 9.75 Å². The standard InChI is InChI=1S/C20H18ClNO3S2/c1-20(2,27(24,25)16-10-8-15(21)9-11-16)18(23)12-19-22-17(13-26-19)14-6-4-3-5-7-14/h3-11,13H,12H2,1-2H3. The van der Waals surface area contributed by atoms with Gasteiger partial charge in [-0.15, -0.1) is 11.3 Å². The molecule has 0 unspecified atom stereocenters. The van der Waals surface area contributed by atoms with Gasteiger partial charge in [0.15, 0.2) is 15.6 Å². The molecule has 4 nitrogen and oxygen atoms in total. The number of carbonyl (C=O) groups is 1. The number of hydrogen-bond acceptors (Lipinski definition) is 5. The van der Waals surface area contributed by atoms with Gasteiger partial charge < -0.3 is 0 Å². The van der Waals surface area contributed by atoms with Crippen molar-refractivity contribution in [1.82, 2.24) is 4.98 Å². The lowest BCUT2D eigenvalue weighted by atomic mass is 10.1. The Kier molecular flexibility index (Phi) is 5.51. The molecule has 3 rings (SSSR count). The number of aromatic nitrogens is 1. The molecular weight excluding hydrogens is 402 g/mol. The second-order valence-electron chi connectivity index (χ2n) is 6.56. The van der Waals surface area contributed by atoms with E-state index in [1.54, 1.807) is 0 Å². The highest BCUT2D eigenvalue weighted by atomic mass is 35.5. The molecule has 140 valence electrons. The van der Waals surface area contributed by atoms with Crippen molar-refractivity contribution in [3.05, 3.63) is 70.0 Å². The summed E-state index contributed by atoms with van der Waals surface area (Å²) >= 11 is 7.18. The molecule has 0 aliphatic heterocycles. The minimum atomic E-state index is -3.85. The SMILES string of the molecule is CC(C)(C(=O)Cc1nc(-c2ccccc2)cs1)S(=O)(=O)c1ccc(Cl)cc1. The zero-order valence-corrected chi connectivity index (χ0v) is 17.2. The van der Waals surface area contributed by atoms with Gasteiger partial charge in [0.2, 0.25) is 0 Å². The molecule has 0 aliphatic rings. The van der Waals surface area contributed by atoms with Gasteiger partial charge in [-0.25, -0.2) is 13.4 Å². The highest BCUT2D eigenvalue weighted by Gasteiger charge is 2.42. The first kappa shape index (κ1) is 19.7. The van der Waals surface area contributed by atoms with Crippen molar-refractivity contribution in [1.29, 1.82) is 0 Å². The second kappa shape index (κ2) is 7.54. The van der Waals surface area contributed by atoms with Crippen molar-refractivity contribution >= 4 is 38.6 Å². The summed E-state index contributed by atoms with van der Waals surface area (Å²) in [5, 5.41) is 2.91. The summed E-state index contributed by atoms with van der Waals surface area (Å²) in [6.07, 6.45) is -0.0304. The smallest absolute Gasteiger partial charge is 0.190 e. The van der Waals surface area contributed by atoms with E-state index in [9.17, 15) is 13.2 Å². The third kappa shape index (κ3) is 3.98. The van der Waals surface area contributed by atoms with E-state index in [2.05, 4.69) is 4.98 Å². The van der Waals surface area contributed by atoms with Crippen molar-refractivity contribution in [3.8, 4) is 11.3 Å². The van der Waals surface area contributed by atoms with Crippen LogP contribution in [0.2, 0.25) is 5.02 Å². The summed E-state index contributed by atoms with van der Waals surface area (Å²) in [6, 6.07) is 15.5. The fourth-order valence-electron chi connectivity index (χ4n) is 2.54. The molecule has 2 aromatic carbocycles. The average molecular weight is 420 g/mol. The first-order valence-electron chi connectivity index (χ1n) is 8.25. The summed E-state index contributed by atoms with van der Waals surface area (Å²) < 4.78 is 24.3. The zero-order valence-electron chi connectivity index (χ0n) is 14.8. The predicted molar refractivity (Wildman–Crippen MR) is 109 cm³/mol. The number of carbonyl (C=O) groups excluding carboxylic acids is 1. The highest BCUT2D eigenvalue weighted by Crippen LogP contribution is 2.29. The van der Waals surface area contributed by atoms with E-state index in [1.807, 2.05) is 35.7 Å². The molecule has 27 heavy (non-hydrogen) atoms. The first-order chi connectivity index (χ1) is 12.7. The van der Waals surface area contributed by atoms with E-state index in [0.29, 0.717) is 10.0 Å². The number of benzene rings is 2. The third-order valence-electron chi connectivity index (χ3n) is 4.40. The summed E-state index contributed by atoms with van der Waals surface area (Å²) in [5.74, 6) is -0.397. The lowest BCUT2D eigenvalue weighted by Gasteiger charge is -2.23. The zero-order chi connectivity index (χ0) is 19.7. The van der Waals surface area contributed by atoms with Crippen LogP contribution in [0.25, 0.3) is 11.3 Å². The van der Waals surface area contributed by atoms with Crippen molar-refractivity contribution in [2.45, 2.75) is 29.9 Å². The van der Waals surface area contributed by atoms with Gasteiger partial charge in [-0.1, -0.05) is 41.9 Å². The lowest BCUT2D eigenvalue weighted by Crippen LogP contribution is -2.41. The van der Waals surface area contributed by atoms with Crippen LogP contribution in [0.1, 0.15) is 18.9 Å². The Morgan fingerprint density at radius 1 is 1.07 bits per heavy atom. The number of nitrogens with zero attached hydrogens (tertiary/aromatic N) is 1. The van der Waals surface area contributed by atoms with Gasteiger partial charge in [-0.05, 0) is 38.1 Å². The molecule has 0 fully saturated rings. The van der Waals surface area contributed by atoms with E-state index in [4.69, 9.17) is 11.6 Å². The molecule has 0 spiro atoms. The van der Waals surface area contributed by atoms with Crippen LogP contribution in [-0.2, 0) is 21.1 Å². The Morgan fingerprint density at radius 2 is 1.70 bits per heavy atom. The Morgan fingerprint density at radius 3 is 2.33 bits per heavy atom. The van der Waals surface area contributed by atoms with Gasteiger partial charge in [0.25, 0.3) is 0 Å². The summed E-state index contributed by atoms with van der Waals surface area (Å²) in [7, 11) is -3.85. The number of rotatable bonds is 6. The number of halogens is 1. The van der Waals surface area contributed by atoms with Crippen LogP contribution >= 0.6 is 22.9 Å². The first-order valence-corrected chi connectivity index (χ1v) is 11.0. The number of thiazole rings is 1. The van der Waals surface area contributed by atoms with E-state index < -0.39 is 20.4 Å². The highest BCUT2D eigenvalue weighted by molar-refractivity contribution is 7.93. The van der Waals surface area contributed by atoms with Crippen LogP contribution in [0.5, 0.6) is 0 Å². The van der Waals surface area contributed by atoms with Gasteiger partial charge in [-0.3, -0.25) is 4.79 Å². The molecule has 0 saturated carbocycles. The van der Waals surface area contributed by atoms with Crippen molar-refractivity contribution < 1.29 is 13.2 Å². The number of Topliss-reactive ketones (excluding diaryl/α,β-unsaturated/α-hetero) is 1. The maximum Gasteiger partial charge on any atom is 0.190 e. The maximum absolute atomic E-state index is 12.9. The number of sulfone groups is 1. The molecule has 0 aliphatic carbocycles. The normalized spacial score (nSPS) is 12.1. The van der Waals surface area contributed by atoms with Crippen LogP contribution in [0, 0.1) is 0 Å². The Bertz CT molecular complexity index is 1060. The van der Waals surface area contributed by atoms with Crippen molar-refractivity contribution in [2.24, 2.45) is 0 Å². The number of hydrogen-bond donors (Lipinski definition) is 0. The van der Waals surface area contributed by atoms with Crippen LogP contribution in [-0.4, -0.2) is 23.9 Å². The maximum atomic E-state index is 12.9. The lowest BCUT2D eigenvalue weighted by molar-refractivity contribution is -0.120. The molecule has 1 aromatic heterocycles. The van der Waals surface area contributed by atoms with Crippen LogP contribution in [0.4, 0.5) is 0 Å². The molecule has 0 N–H and O–H groups in total. The minimum absolute atomic E-state index is 0.0304. The van der Waals surface area contributed by atoms with Crippen LogP contribution in [0.15, 0.2) is 64.9 Å². The average Bonchev–Trinajstić information content (AvgIpc) is 3.11. The van der Waals surface area contributed by atoms with Gasteiger partial charge in [0, 0.05) is 16.0 Å². The largest absolute Gasteiger partial charge is 0.297 e. The van der Waals surface area contributed by atoms with E-state index in [1.165, 1.54) is 49.4 Å². The van der Waals surface area contributed by atoms with Crippen LogP contribution < -0.4 is 0 Å². The fraction of sp³-hybridized carbons (Fsp3) is 0.200. The molecular formula is C20H18ClNO3S2. The Hall–Kier alpha value is -2.02. The molecule has 0 amide bonds. The summed E-state index contributed by atoms with van der Waals surface area (Å²) in [4.78, 5) is 17.4. The molecule has 0 saturated heterocycles. The third-order valence-corrected chi connectivity index (χ3v) is 7.97. The number of ketones is 1. The van der Waals surface area contributed by atoms with Gasteiger partial charge >= 0.3 is 0 Å². The fourth-order valence-corrected chi connectivity index (χ4v) is 4.93. The molecule has 0 radical (unpaired) electrons. The molecule has 0 bridgehead atoms. The van der Waals surface area contributed by atoms with Crippen molar-refractivity contribution in [2.75, 3.05) is 0 Å². The molecule has 3 aromatic rings. The molecule has 7 heteroatoms. The van der Waals surface area contributed by atoms with E-state index >= 15 is 0 Å². The summed E-state index contributed by atoms with van der Waals surface area (Å²) in [5.41, 5.74) is 1.74. The Balaban J connectivity index is 1.82. The Labute approximate surface area is 167 Å². The summed E-state index contributed by atoms with van der Waals surface area (Å²) in [6.45, 7) is 2.87. The minimum Gasteiger partial charge on any atom is -0.297 e. The monoisotopic (exact) mass is 419 g/mol. The topological polar surface area (TPSA) is 64.1 Å². The quantitative estimate of drug-likeness (QED) is 0.574. The predicted octanol–water partition coefficient (Wildman–Crippen LogP) is 4.83. The van der Waals surface area contributed by atoms with E-state index in [-0.39, 0.29) is 11.3 Å². The second-order valence-corrected chi connectivity index (χ2v) is 10.4. The van der Waals surface area contributed by atoms with Crippen molar-refractivity contribution in [3.63, 3.8) is 0 Å². The van der Waals surface area contributed by atoms with Gasteiger partial charge in [0.05, 0.1) is 17.0 Å².